The zero-order valence-corrected chi connectivity index (χ0v) is 10.7. The first-order valence-corrected chi connectivity index (χ1v) is 5.89. The van der Waals surface area contributed by atoms with Crippen LogP contribution in [0.15, 0.2) is 24.3 Å². The van der Waals surface area contributed by atoms with Crippen molar-refractivity contribution in [2.24, 2.45) is 0 Å². The van der Waals surface area contributed by atoms with Crippen LogP contribution in [0.25, 0.3) is 0 Å². The van der Waals surface area contributed by atoms with Crippen molar-refractivity contribution in [3.05, 3.63) is 35.4 Å². The molecule has 2 heteroatoms. The van der Waals surface area contributed by atoms with E-state index >= 15 is 0 Å². The lowest BCUT2D eigenvalue weighted by atomic mass is 10.0. The normalized spacial score (nSPS) is 13.8. The van der Waals surface area contributed by atoms with E-state index in [1.54, 1.807) is 0 Å². The number of hydrogen-bond donors (Lipinski definition) is 2. The van der Waals surface area contributed by atoms with E-state index in [9.17, 15) is 5.11 Å². The second kappa shape index (κ2) is 5.46. The highest BCUT2D eigenvalue weighted by Crippen LogP contribution is 2.10. The van der Waals surface area contributed by atoms with Gasteiger partial charge in [0.1, 0.15) is 0 Å². The van der Waals surface area contributed by atoms with Crippen molar-refractivity contribution in [2.45, 2.75) is 45.8 Å². The number of aliphatic hydroxyl groups is 1. The predicted molar refractivity (Wildman–Crippen MR) is 68.6 cm³/mol. The largest absolute Gasteiger partial charge is 0.389 e. The molecule has 0 heterocycles. The van der Waals surface area contributed by atoms with Crippen molar-refractivity contribution in [1.82, 2.24) is 5.32 Å². The Morgan fingerprint density at radius 2 is 1.94 bits per heavy atom. The molecule has 1 rings (SSSR count). The fourth-order valence-corrected chi connectivity index (χ4v) is 1.67. The number of rotatable bonds is 5. The Bertz CT molecular complexity index is 328. The van der Waals surface area contributed by atoms with Gasteiger partial charge in [-0.25, -0.2) is 0 Å². The maximum absolute atomic E-state index is 9.62. The summed E-state index contributed by atoms with van der Waals surface area (Å²) in [5, 5.41) is 13.0. The Kier molecular flexibility index (Phi) is 4.51. The van der Waals surface area contributed by atoms with Crippen LogP contribution < -0.4 is 5.32 Å². The van der Waals surface area contributed by atoms with Crippen LogP contribution >= 0.6 is 0 Å². The van der Waals surface area contributed by atoms with Crippen molar-refractivity contribution in [3.63, 3.8) is 0 Å². The molecule has 0 spiro atoms. The van der Waals surface area contributed by atoms with Crippen molar-refractivity contribution in [3.8, 4) is 0 Å². The van der Waals surface area contributed by atoms with Gasteiger partial charge in [0.2, 0.25) is 0 Å². The molecule has 90 valence electrons. The van der Waals surface area contributed by atoms with Gasteiger partial charge in [-0.05, 0) is 45.2 Å². The molecule has 2 N–H and O–H groups in total. The highest BCUT2D eigenvalue weighted by Gasteiger charge is 2.13. The average molecular weight is 221 g/mol. The summed E-state index contributed by atoms with van der Waals surface area (Å²) in [6.07, 6.45) is 1.00. The number of aryl methyl sites for hydroxylation is 1. The SMILES string of the molecule is Cc1ccccc1CC(C)NCC(C)(C)O. The average Bonchev–Trinajstić information content (AvgIpc) is 2.18. The molecule has 0 saturated carbocycles. The first-order valence-electron chi connectivity index (χ1n) is 5.89. The van der Waals surface area contributed by atoms with Crippen molar-refractivity contribution in [2.75, 3.05) is 6.54 Å². The maximum atomic E-state index is 9.62. The van der Waals surface area contributed by atoms with Crippen molar-refractivity contribution >= 4 is 0 Å². The van der Waals surface area contributed by atoms with Gasteiger partial charge in [0.05, 0.1) is 5.60 Å². The van der Waals surface area contributed by atoms with Crippen LogP contribution in [0.3, 0.4) is 0 Å². The first-order chi connectivity index (χ1) is 7.38. The molecular weight excluding hydrogens is 198 g/mol. The lowest BCUT2D eigenvalue weighted by Gasteiger charge is -2.22. The third-order valence-corrected chi connectivity index (χ3v) is 2.67. The van der Waals surface area contributed by atoms with Gasteiger partial charge in [-0.1, -0.05) is 24.3 Å². The quantitative estimate of drug-likeness (QED) is 0.799. The smallest absolute Gasteiger partial charge is 0.0715 e. The summed E-state index contributed by atoms with van der Waals surface area (Å²) in [5.41, 5.74) is 2.07. The van der Waals surface area contributed by atoms with Crippen molar-refractivity contribution in [1.29, 1.82) is 0 Å². The van der Waals surface area contributed by atoms with Crippen LogP contribution in [-0.2, 0) is 6.42 Å². The first kappa shape index (κ1) is 13.2. The molecule has 0 aliphatic rings. The molecular formula is C14H23NO. The minimum absolute atomic E-state index is 0.382. The summed E-state index contributed by atoms with van der Waals surface area (Å²) >= 11 is 0. The zero-order valence-electron chi connectivity index (χ0n) is 10.7. The van der Waals surface area contributed by atoms with E-state index in [1.165, 1.54) is 11.1 Å². The van der Waals surface area contributed by atoms with Crippen LogP contribution in [0.1, 0.15) is 31.9 Å². The summed E-state index contributed by atoms with van der Waals surface area (Å²) < 4.78 is 0. The Morgan fingerprint density at radius 1 is 1.31 bits per heavy atom. The lowest BCUT2D eigenvalue weighted by molar-refractivity contribution is 0.0770. The Balaban J connectivity index is 2.46. The Labute approximate surface area is 98.7 Å². The molecule has 0 aliphatic carbocycles. The molecule has 0 aliphatic heterocycles. The molecule has 0 amide bonds. The zero-order chi connectivity index (χ0) is 12.2. The minimum Gasteiger partial charge on any atom is -0.389 e. The van der Waals surface area contributed by atoms with Gasteiger partial charge in [-0.15, -0.1) is 0 Å². The second-order valence-electron chi connectivity index (χ2n) is 5.22. The van der Waals surface area contributed by atoms with Gasteiger partial charge in [-0.3, -0.25) is 0 Å². The third kappa shape index (κ3) is 4.77. The second-order valence-corrected chi connectivity index (χ2v) is 5.22. The van der Waals surface area contributed by atoms with Gasteiger partial charge in [0, 0.05) is 12.6 Å². The minimum atomic E-state index is -0.639. The summed E-state index contributed by atoms with van der Waals surface area (Å²) in [5.74, 6) is 0. The van der Waals surface area contributed by atoms with Crippen LogP contribution in [0.2, 0.25) is 0 Å². The predicted octanol–water partition coefficient (Wildman–Crippen LogP) is 2.29. The van der Waals surface area contributed by atoms with Gasteiger partial charge in [0.25, 0.3) is 0 Å². The summed E-state index contributed by atoms with van der Waals surface area (Å²) in [6, 6.07) is 8.82. The summed E-state index contributed by atoms with van der Waals surface area (Å²) in [4.78, 5) is 0. The molecule has 1 unspecified atom stereocenters. The molecule has 0 fully saturated rings. The van der Waals surface area contributed by atoms with E-state index in [0.29, 0.717) is 12.6 Å². The topological polar surface area (TPSA) is 32.3 Å². The standard InChI is InChI=1S/C14H23NO/c1-11-7-5-6-8-13(11)9-12(2)15-10-14(3,4)16/h5-8,12,15-16H,9-10H2,1-4H3. The van der Waals surface area contributed by atoms with Crippen molar-refractivity contribution < 1.29 is 5.11 Å². The van der Waals surface area contributed by atoms with Crippen LogP contribution in [0, 0.1) is 6.92 Å². The molecule has 1 aromatic carbocycles. The van der Waals surface area contributed by atoms with E-state index in [4.69, 9.17) is 0 Å². The summed E-state index contributed by atoms with van der Waals surface area (Å²) in [7, 11) is 0. The third-order valence-electron chi connectivity index (χ3n) is 2.67. The molecule has 1 aromatic rings. The van der Waals surface area contributed by atoms with Gasteiger partial charge in [0.15, 0.2) is 0 Å². The molecule has 1 atom stereocenters. The van der Waals surface area contributed by atoms with E-state index in [1.807, 2.05) is 13.8 Å². The maximum Gasteiger partial charge on any atom is 0.0715 e. The van der Waals surface area contributed by atoms with E-state index in [2.05, 4.69) is 43.4 Å². The van der Waals surface area contributed by atoms with E-state index < -0.39 is 5.60 Å². The number of benzene rings is 1. The van der Waals surface area contributed by atoms with Gasteiger partial charge < -0.3 is 10.4 Å². The van der Waals surface area contributed by atoms with Crippen LogP contribution in [-0.4, -0.2) is 23.3 Å². The van der Waals surface area contributed by atoms with E-state index in [0.717, 1.165) is 6.42 Å². The van der Waals surface area contributed by atoms with E-state index in [-0.39, 0.29) is 0 Å². The van der Waals surface area contributed by atoms with Gasteiger partial charge in [-0.2, -0.15) is 0 Å². The summed E-state index contributed by atoms with van der Waals surface area (Å²) in [6.45, 7) is 8.55. The van der Waals surface area contributed by atoms with Crippen LogP contribution in [0.5, 0.6) is 0 Å². The number of nitrogens with one attached hydrogen (secondary N) is 1. The molecule has 0 aromatic heterocycles. The molecule has 2 nitrogen and oxygen atoms in total. The van der Waals surface area contributed by atoms with Gasteiger partial charge >= 0.3 is 0 Å². The molecule has 0 bridgehead atoms. The highest BCUT2D eigenvalue weighted by atomic mass is 16.3. The molecule has 0 radical (unpaired) electrons. The fourth-order valence-electron chi connectivity index (χ4n) is 1.67. The Hall–Kier alpha value is -0.860. The lowest BCUT2D eigenvalue weighted by Crippen LogP contribution is -2.40. The van der Waals surface area contributed by atoms with Crippen LogP contribution in [0.4, 0.5) is 0 Å². The number of hydrogen-bond acceptors (Lipinski definition) is 2. The highest BCUT2D eigenvalue weighted by molar-refractivity contribution is 5.26. The molecule has 16 heavy (non-hydrogen) atoms. The fraction of sp³-hybridized carbons (Fsp3) is 0.571. The Morgan fingerprint density at radius 3 is 2.50 bits per heavy atom. The molecule has 0 saturated heterocycles. The monoisotopic (exact) mass is 221 g/mol.